The van der Waals surface area contributed by atoms with E-state index in [0.717, 1.165) is 6.54 Å². The first kappa shape index (κ1) is 11.5. The number of aliphatic hydroxyl groups is 1. The van der Waals surface area contributed by atoms with Gasteiger partial charge in [0.2, 0.25) is 0 Å². The van der Waals surface area contributed by atoms with Gasteiger partial charge in [0, 0.05) is 6.04 Å². The van der Waals surface area contributed by atoms with E-state index < -0.39 is 0 Å². The van der Waals surface area contributed by atoms with Crippen molar-refractivity contribution in [3.8, 4) is 0 Å². The maximum Gasteiger partial charge on any atom is 0.108 e. The first-order valence-corrected chi connectivity index (χ1v) is 6.07. The Kier molecular flexibility index (Phi) is 3.90. The van der Waals surface area contributed by atoms with Gasteiger partial charge in [-0.15, -0.1) is 5.10 Å². The SMILES string of the molecule is CCCN1CCCC1Cn1cc(CO)nn1. The molecule has 1 atom stereocenters. The molecule has 90 valence electrons. The number of aliphatic hydroxyl groups excluding tert-OH is 1. The van der Waals surface area contributed by atoms with Crippen LogP contribution in [-0.2, 0) is 13.2 Å². The molecule has 1 saturated heterocycles. The Morgan fingerprint density at radius 1 is 1.56 bits per heavy atom. The number of nitrogens with zero attached hydrogens (tertiary/aromatic N) is 4. The zero-order chi connectivity index (χ0) is 11.4. The van der Waals surface area contributed by atoms with Gasteiger partial charge < -0.3 is 5.11 Å². The third-order valence-corrected chi connectivity index (χ3v) is 3.16. The number of likely N-dealkylation sites (tertiary alicyclic amines) is 1. The molecule has 0 radical (unpaired) electrons. The van der Waals surface area contributed by atoms with Crippen molar-refractivity contribution in [3.63, 3.8) is 0 Å². The molecule has 1 fully saturated rings. The van der Waals surface area contributed by atoms with Crippen LogP contribution in [0.5, 0.6) is 0 Å². The predicted octanol–water partition coefficient (Wildman–Crippen LogP) is 0.645. The van der Waals surface area contributed by atoms with Crippen LogP contribution in [0.3, 0.4) is 0 Å². The van der Waals surface area contributed by atoms with Gasteiger partial charge in [0.05, 0.1) is 19.3 Å². The molecular formula is C11H20N4O. The van der Waals surface area contributed by atoms with Crippen molar-refractivity contribution in [2.75, 3.05) is 13.1 Å². The van der Waals surface area contributed by atoms with E-state index in [-0.39, 0.29) is 6.61 Å². The van der Waals surface area contributed by atoms with E-state index in [4.69, 9.17) is 5.11 Å². The highest BCUT2D eigenvalue weighted by molar-refractivity contribution is 4.90. The normalized spacial score (nSPS) is 21.8. The molecule has 5 heteroatoms. The van der Waals surface area contributed by atoms with E-state index >= 15 is 0 Å². The van der Waals surface area contributed by atoms with Crippen molar-refractivity contribution in [1.29, 1.82) is 0 Å². The molecule has 0 saturated carbocycles. The van der Waals surface area contributed by atoms with Crippen LogP contribution < -0.4 is 0 Å². The Morgan fingerprint density at radius 2 is 2.44 bits per heavy atom. The number of hydrogen-bond acceptors (Lipinski definition) is 4. The van der Waals surface area contributed by atoms with E-state index in [1.54, 1.807) is 0 Å². The standard InChI is InChI=1S/C11H20N4O/c1-2-5-14-6-3-4-11(14)8-15-7-10(9-16)12-13-15/h7,11,16H,2-6,8-9H2,1H3. The lowest BCUT2D eigenvalue weighted by molar-refractivity contribution is 0.226. The number of hydrogen-bond donors (Lipinski definition) is 1. The maximum atomic E-state index is 8.92. The summed E-state index contributed by atoms with van der Waals surface area (Å²) in [7, 11) is 0. The van der Waals surface area contributed by atoms with Crippen LogP contribution in [0.1, 0.15) is 31.9 Å². The van der Waals surface area contributed by atoms with Crippen LogP contribution in [0.25, 0.3) is 0 Å². The van der Waals surface area contributed by atoms with Crippen LogP contribution >= 0.6 is 0 Å². The van der Waals surface area contributed by atoms with E-state index in [1.807, 2.05) is 10.9 Å². The molecule has 1 aromatic rings. The molecule has 2 heterocycles. The lowest BCUT2D eigenvalue weighted by Gasteiger charge is -2.23. The van der Waals surface area contributed by atoms with Crippen LogP contribution in [0.4, 0.5) is 0 Å². The fourth-order valence-corrected chi connectivity index (χ4v) is 2.40. The zero-order valence-corrected chi connectivity index (χ0v) is 9.84. The van der Waals surface area contributed by atoms with Gasteiger partial charge in [-0.3, -0.25) is 9.58 Å². The Hall–Kier alpha value is -0.940. The summed E-state index contributed by atoms with van der Waals surface area (Å²) in [5.41, 5.74) is 0.653. The van der Waals surface area contributed by atoms with Gasteiger partial charge in [-0.2, -0.15) is 0 Å². The minimum Gasteiger partial charge on any atom is -0.390 e. The molecular weight excluding hydrogens is 204 g/mol. The average Bonchev–Trinajstić information content (AvgIpc) is 2.90. The molecule has 1 aliphatic rings. The number of aromatic nitrogens is 3. The summed E-state index contributed by atoms with van der Waals surface area (Å²) >= 11 is 0. The molecule has 5 nitrogen and oxygen atoms in total. The summed E-state index contributed by atoms with van der Waals surface area (Å²) in [4.78, 5) is 2.53. The quantitative estimate of drug-likeness (QED) is 0.797. The molecule has 16 heavy (non-hydrogen) atoms. The summed E-state index contributed by atoms with van der Waals surface area (Å²) in [5.74, 6) is 0. The fourth-order valence-electron chi connectivity index (χ4n) is 2.40. The Balaban J connectivity index is 1.92. The third kappa shape index (κ3) is 2.59. The number of rotatable bonds is 5. The monoisotopic (exact) mass is 224 g/mol. The van der Waals surface area contributed by atoms with Gasteiger partial charge in [0.1, 0.15) is 5.69 Å². The largest absolute Gasteiger partial charge is 0.390 e. The van der Waals surface area contributed by atoms with Crippen LogP contribution in [0, 0.1) is 0 Å². The van der Waals surface area contributed by atoms with Crippen LogP contribution in [0.15, 0.2) is 6.20 Å². The smallest absolute Gasteiger partial charge is 0.108 e. The predicted molar refractivity (Wildman–Crippen MR) is 60.8 cm³/mol. The van der Waals surface area contributed by atoms with Crippen LogP contribution in [-0.4, -0.2) is 44.1 Å². The summed E-state index contributed by atoms with van der Waals surface area (Å²) in [5, 5.41) is 16.8. The van der Waals surface area contributed by atoms with Crippen molar-refractivity contribution in [2.24, 2.45) is 0 Å². The van der Waals surface area contributed by atoms with E-state index in [2.05, 4.69) is 22.1 Å². The van der Waals surface area contributed by atoms with Crippen LogP contribution in [0.2, 0.25) is 0 Å². The molecule has 1 N–H and O–H groups in total. The minimum atomic E-state index is -0.0245. The van der Waals surface area contributed by atoms with E-state index in [1.165, 1.54) is 32.4 Å². The highest BCUT2D eigenvalue weighted by Crippen LogP contribution is 2.18. The molecule has 2 rings (SSSR count). The Morgan fingerprint density at radius 3 is 3.12 bits per heavy atom. The molecule has 1 aromatic heterocycles. The van der Waals surface area contributed by atoms with Gasteiger partial charge in [0.15, 0.2) is 0 Å². The van der Waals surface area contributed by atoms with Gasteiger partial charge in [-0.25, -0.2) is 0 Å². The summed E-state index contributed by atoms with van der Waals surface area (Å²) in [6.07, 6.45) is 5.57. The minimum absolute atomic E-state index is 0.0245. The van der Waals surface area contributed by atoms with Gasteiger partial charge in [-0.1, -0.05) is 12.1 Å². The molecule has 1 aliphatic heterocycles. The average molecular weight is 224 g/mol. The molecule has 0 bridgehead atoms. The fraction of sp³-hybridized carbons (Fsp3) is 0.818. The van der Waals surface area contributed by atoms with Crippen molar-refractivity contribution in [3.05, 3.63) is 11.9 Å². The van der Waals surface area contributed by atoms with Gasteiger partial charge >= 0.3 is 0 Å². The highest BCUT2D eigenvalue weighted by atomic mass is 16.3. The maximum absolute atomic E-state index is 8.92. The Bertz CT molecular complexity index is 326. The zero-order valence-electron chi connectivity index (χ0n) is 9.84. The second-order valence-corrected chi connectivity index (χ2v) is 4.42. The van der Waals surface area contributed by atoms with Crippen molar-refractivity contribution in [2.45, 2.75) is 45.4 Å². The molecule has 0 amide bonds. The first-order chi connectivity index (χ1) is 7.83. The lowest BCUT2D eigenvalue weighted by Crippen LogP contribution is -2.33. The highest BCUT2D eigenvalue weighted by Gasteiger charge is 2.24. The van der Waals surface area contributed by atoms with Crippen molar-refractivity contribution < 1.29 is 5.11 Å². The summed E-state index contributed by atoms with van der Waals surface area (Å²) in [6.45, 7) is 5.47. The second kappa shape index (κ2) is 5.41. The lowest BCUT2D eigenvalue weighted by atomic mass is 10.2. The van der Waals surface area contributed by atoms with Crippen molar-refractivity contribution >= 4 is 0 Å². The molecule has 0 aliphatic carbocycles. The van der Waals surface area contributed by atoms with E-state index in [0.29, 0.717) is 11.7 Å². The summed E-state index contributed by atoms with van der Waals surface area (Å²) < 4.78 is 1.85. The Labute approximate surface area is 96.1 Å². The third-order valence-electron chi connectivity index (χ3n) is 3.16. The summed E-state index contributed by atoms with van der Waals surface area (Å²) in [6, 6.07) is 0.591. The van der Waals surface area contributed by atoms with Gasteiger partial charge in [0.25, 0.3) is 0 Å². The second-order valence-electron chi connectivity index (χ2n) is 4.42. The molecule has 1 unspecified atom stereocenters. The topological polar surface area (TPSA) is 54.2 Å². The molecule has 0 aromatic carbocycles. The van der Waals surface area contributed by atoms with Crippen molar-refractivity contribution in [1.82, 2.24) is 19.9 Å². The first-order valence-electron chi connectivity index (χ1n) is 6.07. The molecule has 0 spiro atoms. The van der Waals surface area contributed by atoms with Gasteiger partial charge in [-0.05, 0) is 32.4 Å². The van der Waals surface area contributed by atoms with E-state index in [9.17, 15) is 0 Å².